The molecule has 1 aliphatic heterocycles. The van der Waals surface area contributed by atoms with E-state index in [0.29, 0.717) is 19.4 Å². The van der Waals surface area contributed by atoms with Crippen molar-refractivity contribution in [1.82, 2.24) is 15.5 Å². The molecule has 11 nitrogen and oxygen atoms in total. The van der Waals surface area contributed by atoms with E-state index < -0.39 is 55.2 Å². The van der Waals surface area contributed by atoms with Gasteiger partial charge in [0.05, 0.1) is 6.61 Å². The van der Waals surface area contributed by atoms with Crippen molar-refractivity contribution in [1.29, 1.82) is 0 Å². The third kappa shape index (κ3) is 20.6. The molecule has 1 aromatic carbocycles. The zero-order valence-electron chi connectivity index (χ0n) is 35.3. The predicted octanol–water partition coefficient (Wildman–Crippen LogP) is 8.46. The van der Waals surface area contributed by atoms with Crippen LogP contribution in [0.15, 0.2) is 30.3 Å². The van der Waals surface area contributed by atoms with Gasteiger partial charge in [0.2, 0.25) is 11.8 Å². The Hall–Kier alpha value is -2.73. The summed E-state index contributed by atoms with van der Waals surface area (Å²) in [5.74, 6) is -0.792. The molecule has 1 fully saturated rings. The highest BCUT2D eigenvalue weighted by Crippen LogP contribution is 2.26. The van der Waals surface area contributed by atoms with Gasteiger partial charge in [0.15, 0.2) is 6.23 Å². The molecule has 0 saturated carbocycles. The summed E-state index contributed by atoms with van der Waals surface area (Å²) < 4.78 is 11.4. The molecule has 322 valence electrons. The number of unbranched alkanes of at least 4 members (excludes halogenated alkanes) is 21. The molecule has 0 bridgehead atoms. The molecule has 2 rings (SSSR count). The van der Waals surface area contributed by atoms with E-state index in [0.717, 1.165) is 50.5 Å². The zero-order chi connectivity index (χ0) is 40.8. The van der Waals surface area contributed by atoms with Gasteiger partial charge in [0, 0.05) is 13.0 Å². The summed E-state index contributed by atoms with van der Waals surface area (Å²) in [6, 6.07) is 6.90. The highest BCUT2D eigenvalue weighted by Gasteiger charge is 2.48. The summed E-state index contributed by atoms with van der Waals surface area (Å²) in [5, 5.41) is 37.5. The highest BCUT2D eigenvalue weighted by molar-refractivity contribution is 5.85. The van der Waals surface area contributed by atoms with E-state index in [1.54, 1.807) is 4.90 Å². The normalized spacial score (nSPS) is 20.0. The Morgan fingerprint density at radius 2 is 1.20 bits per heavy atom. The number of benzene rings is 1. The fraction of sp³-hybridized carbons (Fsp3) is 0.800. The van der Waals surface area contributed by atoms with E-state index in [4.69, 9.17) is 9.47 Å². The summed E-state index contributed by atoms with van der Waals surface area (Å²) in [7, 11) is 0. The van der Waals surface area contributed by atoms with Crippen LogP contribution in [-0.4, -0.2) is 87.9 Å². The number of alkyl carbamates (subject to hydrolysis) is 1. The summed E-state index contributed by atoms with van der Waals surface area (Å²) >= 11 is 0. The molecule has 0 radical (unpaired) electrons. The monoisotopic (exact) mass is 790 g/mol. The molecule has 3 amide bonds. The Morgan fingerprint density at radius 1 is 0.714 bits per heavy atom. The minimum Gasteiger partial charge on any atom is -0.445 e. The average molecular weight is 790 g/mol. The number of aliphatic hydroxyl groups is 3. The van der Waals surface area contributed by atoms with Crippen molar-refractivity contribution in [3.05, 3.63) is 35.9 Å². The molecule has 0 spiro atoms. The lowest BCUT2D eigenvalue weighted by molar-refractivity contribution is -0.231. The molecule has 1 aromatic rings. The summed E-state index contributed by atoms with van der Waals surface area (Å²) in [6.45, 7) is 5.76. The number of ether oxygens (including phenoxy) is 2. The number of nitrogens with zero attached hydrogens (tertiary/aromatic N) is 1. The van der Waals surface area contributed by atoms with Crippen LogP contribution in [0, 0.1) is 0 Å². The number of carbonyl (C=O) groups excluding carboxylic acids is 3. The van der Waals surface area contributed by atoms with Crippen LogP contribution in [0.4, 0.5) is 4.79 Å². The number of nitrogens with one attached hydrogen (secondary N) is 2. The van der Waals surface area contributed by atoms with Crippen molar-refractivity contribution in [2.45, 2.75) is 218 Å². The van der Waals surface area contributed by atoms with Crippen molar-refractivity contribution < 1.29 is 39.2 Å². The molecular formula is C45H79N3O8. The molecule has 6 atom stereocenters. The lowest BCUT2D eigenvalue weighted by Crippen LogP contribution is -2.69. The van der Waals surface area contributed by atoms with Crippen molar-refractivity contribution in [3.63, 3.8) is 0 Å². The number of rotatable bonds is 32. The average Bonchev–Trinajstić information content (AvgIpc) is 3.20. The number of amides is 3. The molecule has 1 saturated heterocycles. The third-order valence-corrected chi connectivity index (χ3v) is 11.0. The van der Waals surface area contributed by atoms with Gasteiger partial charge in [-0.3, -0.25) is 9.59 Å². The van der Waals surface area contributed by atoms with E-state index in [1.807, 2.05) is 30.3 Å². The smallest absolute Gasteiger partial charge is 0.408 e. The molecule has 11 heteroatoms. The Morgan fingerprint density at radius 3 is 1.70 bits per heavy atom. The van der Waals surface area contributed by atoms with E-state index >= 15 is 0 Å². The Balaban J connectivity index is 2.00. The second kappa shape index (κ2) is 31.3. The van der Waals surface area contributed by atoms with Crippen molar-refractivity contribution in [2.24, 2.45) is 0 Å². The minimum absolute atomic E-state index is 0.0301. The molecule has 1 aliphatic rings. The van der Waals surface area contributed by atoms with Crippen LogP contribution in [0.1, 0.15) is 180 Å². The molecule has 0 unspecified atom stereocenters. The maximum absolute atomic E-state index is 14.0. The van der Waals surface area contributed by atoms with E-state index in [9.17, 15) is 29.7 Å². The lowest BCUT2D eigenvalue weighted by atomic mass is 9.94. The standard InChI is InChI=1S/C45H79N3O8/c1-4-6-8-10-12-14-15-16-17-18-20-22-24-29-33-48(39(50)32-28-23-21-19-13-11-9-7-5-2)44-40(42(52)41(51)38(34-49)56-44)47-43(53)36(3)46-45(54)55-35-37-30-26-25-27-31-37/h25-27,30-31,36,38,40-42,44,49,51-52H,4-24,28-29,32-35H2,1-3H3,(H,46,54)(H,47,53)/t36-,38+,40+,41+,42+,44+/m0/s1. The van der Waals surface area contributed by atoms with Gasteiger partial charge in [0.1, 0.15) is 37.0 Å². The van der Waals surface area contributed by atoms with Crippen molar-refractivity contribution >= 4 is 17.9 Å². The highest BCUT2D eigenvalue weighted by atomic mass is 16.6. The van der Waals surface area contributed by atoms with Crippen LogP contribution in [-0.2, 0) is 25.7 Å². The third-order valence-electron chi connectivity index (χ3n) is 11.0. The van der Waals surface area contributed by atoms with Gasteiger partial charge in [0.25, 0.3) is 0 Å². The number of hydrogen-bond acceptors (Lipinski definition) is 8. The first-order valence-corrected chi connectivity index (χ1v) is 22.4. The SMILES string of the molecule is CCCCCCCCCCCCCCCCN(C(=O)CCCCCCCCCCC)[C@@H]1O[C@H](CO)[C@@H](O)[C@H](O)[C@H]1NC(=O)[C@H](C)NC(=O)OCc1ccccc1. The fourth-order valence-electron chi connectivity index (χ4n) is 7.42. The summed E-state index contributed by atoms with van der Waals surface area (Å²) in [5.41, 5.74) is 0.795. The predicted molar refractivity (Wildman–Crippen MR) is 223 cm³/mol. The molecule has 5 N–H and O–H groups in total. The maximum Gasteiger partial charge on any atom is 0.408 e. The maximum atomic E-state index is 14.0. The minimum atomic E-state index is -1.54. The first-order chi connectivity index (χ1) is 27.2. The van der Waals surface area contributed by atoms with Crippen LogP contribution in [0.25, 0.3) is 0 Å². The van der Waals surface area contributed by atoms with Crippen LogP contribution >= 0.6 is 0 Å². The van der Waals surface area contributed by atoms with E-state index in [1.165, 1.54) is 103 Å². The van der Waals surface area contributed by atoms with Gasteiger partial charge in [-0.2, -0.15) is 0 Å². The van der Waals surface area contributed by atoms with Gasteiger partial charge in [-0.05, 0) is 25.3 Å². The fourth-order valence-corrected chi connectivity index (χ4v) is 7.42. The molecule has 56 heavy (non-hydrogen) atoms. The van der Waals surface area contributed by atoms with Gasteiger partial charge in [-0.1, -0.05) is 179 Å². The van der Waals surface area contributed by atoms with Crippen LogP contribution in [0.3, 0.4) is 0 Å². The second-order valence-corrected chi connectivity index (χ2v) is 16.0. The Labute approximate surface area is 339 Å². The van der Waals surface area contributed by atoms with E-state index in [-0.39, 0.29) is 12.5 Å². The zero-order valence-corrected chi connectivity index (χ0v) is 35.3. The van der Waals surface area contributed by atoms with Gasteiger partial charge in [-0.25, -0.2) is 4.79 Å². The topological polar surface area (TPSA) is 158 Å². The van der Waals surface area contributed by atoms with Crippen LogP contribution in [0.5, 0.6) is 0 Å². The molecule has 0 aliphatic carbocycles. The van der Waals surface area contributed by atoms with Gasteiger partial charge >= 0.3 is 6.09 Å². The first kappa shape index (κ1) is 49.4. The second-order valence-electron chi connectivity index (χ2n) is 16.0. The lowest BCUT2D eigenvalue weighted by Gasteiger charge is -2.47. The summed E-state index contributed by atoms with van der Waals surface area (Å²) in [4.78, 5) is 41.5. The molecule has 1 heterocycles. The molecular weight excluding hydrogens is 711 g/mol. The van der Waals surface area contributed by atoms with Gasteiger partial charge in [-0.15, -0.1) is 0 Å². The Kier molecular flexibility index (Phi) is 27.6. The molecule has 0 aromatic heterocycles. The van der Waals surface area contributed by atoms with Gasteiger partial charge < -0.3 is 40.3 Å². The van der Waals surface area contributed by atoms with Crippen molar-refractivity contribution in [2.75, 3.05) is 13.2 Å². The number of hydrogen-bond donors (Lipinski definition) is 5. The van der Waals surface area contributed by atoms with E-state index in [2.05, 4.69) is 24.5 Å². The first-order valence-electron chi connectivity index (χ1n) is 22.4. The number of aliphatic hydroxyl groups excluding tert-OH is 3. The largest absolute Gasteiger partial charge is 0.445 e. The number of carbonyl (C=O) groups is 3. The quantitative estimate of drug-likeness (QED) is 0.0455. The summed E-state index contributed by atoms with van der Waals surface area (Å²) in [6.07, 6.45) is 21.1. The van der Waals surface area contributed by atoms with Crippen molar-refractivity contribution in [3.8, 4) is 0 Å². The van der Waals surface area contributed by atoms with Crippen LogP contribution < -0.4 is 10.6 Å². The Bertz CT molecular complexity index is 1160. The van der Waals surface area contributed by atoms with Crippen LogP contribution in [0.2, 0.25) is 0 Å².